The highest BCUT2D eigenvalue weighted by molar-refractivity contribution is 5.98. The van der Waals surface area contributed by atoms with Gasteiger partial charge in [-0.2, -0.15) is 0 Å². The average Bonchev–Trinajstić information content (AvgIpc) is 2.90. The van der Waals surface area contributed by atoms with E-state index in [-0.39, 0.29) is 24.2 Å². The molecule has 0 bridgehead atoms. The minimum Gasteiger partial charge on any atom is -0.490 e. The molecule has 0 saturated carbocycles. The summed E-state index contributed by atoms with van der Waals surface area (Å²) in [4.78, 5) is 28.0. The van der Waals surface area contributed by atoms with E-state index < -0.39 is 0 Å². The summed E-state index contributed by atoms with van der Waals surface area (Å²) in [5.41, 5.74) is 1.73. The quantitative estimate of drug-likeness (QED) is 0.826. The van der Waals surface area contributed by atoms with E-state index in [1.54, 1.807) is 4.90 Å². The number of carbonyl (C=O) groups excluding carboxylic acids is 2. The SMILES string of the molecule is CCN1C[C@H](C(=O)Nc2ccc(C)cc2OCCN(C)C)CC1=O. The highest BCUT2D eigenvalue weighted by atomic mass is 16.5. The van der Waals surface area contributed by atoms with E-state index in [1.165, 1.54) is 0 Å². The van der Waals surface area contributed by atoms with Crippen LogP contribution in [0.5, 0.6) is 5.75 Å². The lowest BCUT2D eigenvalue weighted by Crippen LogP contribution is -2.28. The number of hydrogen-bond donors (Lipinski definition) is 1. The van der Waals surface area contributed by atoms with Gasteiger partial charge in [-0.05, 0) is 45.6 Å². The molecule has 1 aliphatic heterocycles. The Hall–Kier alpha value is -2.08. The summed E-state index contributed by atoms with van der Waals surface area (Å²) in [5, 5.41) is 2.93. The molecule has 24 heavy (non-hydrogen) atoms. The first-order valence-electron chi connectivity index (χ1n) is 8.37. The van der Waals surface area contributed by atoms with Crippen molar-refractivity contribution in [1.82, 2.24) is 9.80 Å². The molecule has 1 atom stereocenters. The zero-order chi connectivity index (χ0) is 17.7. The molecule has 1 aromatic carbocycles. The summed E-state index contributed by atoms with van der Waals surface area (Å²) >= 11 is 0. The molecule has 1 saturated heterocycles. The van der Waals surface area contributed by atoms with E-state index in [2.05, 4.69) is 5.32 Å². The molecular formula is C18H27N3O3. The maximum Gasteiger partial charge on any atom is 0.229 e. The van der Waals surface area contributed by atoms with Gasteiger partial charge < -0.3 is 19.9 Å². The van der Waals surface area contributed by atoms with Crippen molar-refractivity contribution in [2.75, 3.05) is 45.7 Å². The van der Waals surface area contributed by atoms with Gasteiger partial charge in [0.1, 0.15) is 12.4 Å². The topological polar surface area (TPSA) is 61.9 Å². The predicted molar refractivity (Wildman–Crippen MR) is 94.2 cm³/mol. The van der Waals surface area contributed by atoms with Crippen molar-refractivity contribution >= 4 is 17.5 Å². The van der Waals surface area contributed by atoms with Crippen molar-refractivity contribution in [3.8, 4) is 5.75 Å². The van der Waals surface area contributed by atoms with Crippen LogP contribution < -0.4 is 10.1 Å². The second kappa shape index (κ2) is 8.15. The number of rotatable bonds is 7. The number of benzene rings is 1. The van der Waals surface area contributed by atoms with Crippen molar-refractivity contribution in [1.29, 1.82) is 0 Å². The summed E-state index contributed by atoms with van der Waals surface area (Å²) in [6.07, 6.45) is 0.280. The molecular weight excluding hydrogens is 306 g/mol. The van der Waals surface area contributed by atoms with Gasteiger partial charge >= 0.3 is 0 Å². The highest BCUT2D eigenvalue weighted by Crippen LogP contribution is 2.27. The zero-order valence-electron chi connectivity index (χ0n) is 15.0. The van der Waals surface area contributed by atoms with Crippen molar-refractivity contribution < 1.29 is 14.3 Å². The number of hydrogen-bond acceptors (Lipinski definition) is 4. The molecule has 1 heterocycles. The predicted octanol–water partition coefficient (Wildman–Crippen LogP) is 1.74. The number of anilines is 1. The number of likely N-dealkylation sites (N-methyl/N-ethyl adjacent to an activating group) is 1. The molecule has 132 valence electrons. The number of nitrogens with zero attached hydrogens (tertiary/aromatic N) is 2. The number of amides is 2. The zero-order valence-corrected chi connectivity index (χ0v) is 15.0. The van der Waals surface area contributed by atoms with Crippen LogP contribution in [0.25, 0.3) is 0 Å². The fourth-order valence-electron chi connectivity index (χ4n) is 2.68. The Balaban J connectivity index is 2.03. The number of ether oxygens (including phenoxy) is 1. The molecule has 1 N–H and O–H groups in total. The van der Waals surface area contributed by atoms with Crippen LogP contribution in [0.4, 0.5) is 5.69 Å². The van der Waals surface area contributed by atoms with Gasteiger partial charge in [0.25, 0.3) is 0 Å². The molecule has 1 aliphatic rings. The van der Waals surface area contributed by atoms with E-state index in [1.807, 2.05) is 51.0 Å². The van der Waals surface area contributed by atoms with Crippen LogP contribution in [0.3, 0.4) is 0 Å². The van der Waals surface area contributed by atoms with Crippen LogP contribution in [0.2, 0.25) is 0 Å². The lowest BCUT2D eigenvalue weighted by molar-refractivity contribution is -0.128. The average molecular weight is 333 g/mol. The lowest BCUT2D eigenvalue weighted by atomic mass is 10.1. The Morgan fingerprint density at radius 2 is 2.17 bits per heavy atom. The van der Waals surface area contributed by atoms with Crippen LogP contribution >= 0.6 is 0 Å². The van der Waals surface area contributed by atoms with Gasteiger partial charge in [-0.25, -0.2) is 0 Å². The first-order chi connectivity index (χ1) is 11.4. The number of nitrogens with one attached hydrogen (secondary N) is 1. The molecule has 0 aromatic heterocycles. The maximum atomic E-state index is 12.5. The Kier molecular flexibility index (Phi) is 6.20. The molecule has 0 unspecified atom stereocenters. The van der Waals surface area contributed by atoms with Crippen LogP contribution in [-0.2, 0) is 9.59 Å². The summed E-state index contributed by atoms with van der Waals surface area (Å²) in [6.45, 7) is 6.39. The monoisotopic (exact) mass is 333 g/mol. The van der Waals surface area contributed by atoms with Crippen molar-refractivity contribution in [3.63, 3.8) is 0 Å². The second-order valence-corrected chi connectivity index (χ2v) is 6.47. The Morgan fingerprint density at radius 3 is 2.79 bits per heavy atom. The summed E-state index contributed by atoms with van der Waals surface area (Å²) in [5.74, 6) is 0.292. The van der Waals surface area contributed by atoms with Crippen LogP contribution in [-0.4, -0.2) is 62.0 Å². The smallest absolute Gasteiger partial charge is 0.229 e. The van der Waals surface area contributed by atoms with E-state index in [9.17, 15) is 9.59 Å². The maximum absolute atomic E-state index is 12.5. The molecule has 2 amide bonds. The van der Waals surface area contributed by atoms with Gasteiger partial charge in [0.2, 0.25) is 11.8 Å². The van der Waals surface area contributed by atoms with Gasteiger partial charge in [-0.15, -0.1) is 0 Å². The number of likely N-dealkylation sites (tertiary alicyclic amines) is 1. The first-order valence-corrected chi connectivity index (χ1v) is 8.37. The van der Waals surface area contributed by atoms with Gasteiger partial charge in [0.15, 0.2) is 0 Å². The third kappa shape index (κ3) is 4.71. The first kappa shape index (κ1) is 18.3. The van der Waals surface area contributed by atoms with E-state index in [0.717, 1.165) is 12.1 Å². The Bertz CT molecular complexity index is 601. The molecule has 6 heteroatoms. The highest BCUT2D eigenvalue weighted by Gasteiger charge is 2.33. The standard InChI is InChI=1S/C18H27N3O3/c1-5-21-12-14(11-17(21)22)18(23)19-15-7-6-13(2)10-16(15)24-9-8-20(3)4/h6-7,10,14H,5,8-9,11-12H2,1-4H3,(H,19,23)/t14-/m1/s1. The summed E-state index contributed by atoms with van der Waals surface area (Å²) in [6, 6.07) is 5.71. The molecule has 0 spiro atoms. The van der Waals surface area contributed by atoms with Crippen LogP contribution in [0.1, 0.15) is 18.9 Å². The van der Waals surface area contributed by atoms with Gasteiger partial charge in [0, 0.05) is 26.1 Å². The second-order valence-electron chi connectivity index (χ2n) is 6.47. The van der Waals surface area contributed by atoms with Crippen LogP contribution in [0, 0.1) is 12.8 Å². The molecule has 0 aliphatic carbocycles. The third-order valence-corrected chi connectivity index (χ3v) is 4.16. The Morgan fingerprint density at radius 1 is 1.42 bits per heavy atom. The lowest BCUT2D eigenvalue weighted by Gasteiger charge is -2.17. The van der Waals surface area contributed by atoms with E-state index in [4.69, 9.17) is 4.74 Å². The minimum absolute atomic E-state index is 0.0454. The van der Waals surface area contributed by atoms with Gasteiger partial charge in [-0.1, -0.05) is 6.07 Å². The summed E-state index contributed by atoms with van der Waals surface area (Å²) < 4.78 is 5.82. The van der Waals surface area contributed by atoms with Crippen LogP contribution in [0.15, 0.2) is 18.2 Å². The fourth-order valence-corrected chi connectivity index (χ4v) is 2.68. The molecule has 2 rings (SSSR count). The number of aryl methyl sites for hydroxylation is 1. The normalized spacial score (nSPS) is 17.5. The van der Waals surface area contributed by atoms with E-state index in [0.29, 0.717) is 31.1 Å². The molecule has 1 aromatic rings. The minimum atomic E-state index is -0.298. The van der Waals surface area contributed by atoms with Gasteiger partial charge in [-0.3, -0.25) is 9.59 Å². The van der Waals surface area contributed by atoms with Crippen molar-refractivity contribution in [3.05, 3.63) is 23.8 Å². The molecule has 6 nitrogen and oxygen atoms in total. The van der Waals surface area contributed by atoms with Gasteiger partial charge in [0.05, 0.1) is 11.6 Å². The van der Waals surface area contributed by atoms with E-state index >= 15 is 0 Å². The van der Waals surface area contributed by atoms with Crippen molar-refractivity contribution in [2.45, 2.75) is 20.3 Å². The summed E-state index contributed by atoms with van der Waals surface area (Å²) in [7, 11) is 3.97. The fraction of sp³-hybridized carbons (Fsp3) is 0.556. The molecule has 0 radical (unpaired) electrons. The third-order valence-electron chi connectivity index (χ3n) is 4.16. The number of carbonyl (C=O) groups is 2. The Labute approximate surface area is 143 Å². The largest absolute Gasteiger partial charge is 0.490 e. The molecule has 1 fully saturated rings. The van der Waals surface area contributed by atoms with Crippen molar-refractivity contribution in [2.24, 2.45) is 5.92 Å².